The van der Waals surface area contributed by atoms with Crippen LogP contribution in [0.3, 0.4) is 0 Å². The Hall–Kier alpha value is -2.64. The minimum absolute atomic E-state index is 0.0451. The number of carbonyl (C=O) groups is 2. The molecular weight excluding hydrogens is 420 g/mol. The number of thiophene rings is 1. The van der Waals surface area contributed by atoms with Crippen LogP contribution in [0.2, 0.25) is 4.34 Å². The number of benzene rings is 1. The van der Waals surface area contributed by atoms with E-state index in [2.05, 4.69) is 10.3 Å². The van der Waals surface area contributed by atoms with Crippen molar-refractivity contribution in [1.29, 1.82) is 0 Å². The van der Waals surface area contributed by atoms with Crippen molar-refractivity contribution >= 4 is 34.8 Å². The topological polar surface area (TPSA) is 67.2 Å². The molecule has 1 saturated carbocycles. The summed E-state index contributed by atoms with van der Waals surface area (Å²) in [4.78, 5) is 32.3. The van der Waals surface area contributed by atoms with Crippen molar-refractivity contribution in [2.24, 2.45) is 11.8 Å². The summed E-state index contributed by atoms with van der Waals surface area (Å²) in [6, 6.07) is 11.2. The number of rotatable bonds is 4. The predicted octanol–water partition coefficient (Wildman–Crippen LogP) is 3.87. The Kier molecular flexibility index (Phi) is 5.08. The first kappa shape index (κ1) is 19.3. The standard InChI is InChI=1S/C22H21ClN4O2S/c23-19-8-7-18(30-19)22(29)27-11-15-1-2-16(12-27)20(15)25-21(28)14-3-5-17(6-4-14)26-10-9-24-13-26/h3-10,13,15-16,20H,1-2,11-12H2,(H,25,28)/t15-,16+,20?. The molecule has 2 amide bonds. The molecule has 1 aromatic carbocycles. The van der Waals surface area contributed by atoms with Crippen molar-refractivity contribution in [3.8, 4) is 5.69 Å². The Bertz CT molecular complexity index is 1050. The van der Waals surface area contributed by atoms with Crippen molar-refractivity contribution in [3.05, 3.63) is 69.9 Å². The van der Waals surface area contributed by atoms with Crippen LogP contribution < -0.4 is 5.32 Å². The summed E-state index contributed by atoms with van der Waals surface area (Å²) in [5.41, 5.74) is 1.61. The Morgan fingerprint density at radius 3 is 2.40 bits per heavy atom. The van der Waals surface area contributed by atoms with Gasteiger partial charge in [-0.1, -0.05) is 11.6 Å². The average Bonchev–Trinajstić information content (AvgIpc) is 3.48. The molecule has 1 aliphatic heterocycles. The summed E-state index contributed by atoms with van der Waals surface area (Å²) in [5.74, 6) is 0.567. The Labute approximate surface area is 183 Å². The van der Waals surface area contributed by atoms with Crippen LogP contribution >= 0.6 is 22.9 Å². The monoisotopic (exact) mass is 440 g/mol. The third-order valence-corrected chi connectivity index (χ3v) is 7.35. The minimum Gasteiger partial charge on any atom is -0.349 e. The van der Waals surface area contributed by atoms with E-state index in [1.54, 1.807) is 24.7 Å². The zero-order valence-corrected chi connectivity index (χ0v) is 17.8. The normalized spacial score (nSPS) is 22.8. The first-order chi connectivity index (χ1) is 14.6. The highest BCUT2D eigenvalue weighted by molar-refractivity contribution is 7.17. The van der Waals surface area contributed by atoms with Crippen LogP contribution in [0.1, 0.15) is 32.9 Å². The maximum absolute atomic E-state index is 12.8. The van der Waals surface area contributed by atoms with Gasteiger partial charge in [0.25, 0.3) is 11.8 Å². The van der Waals surface area contributed by atoms with Gasteiger partial charge in [-0.25, -0.2) is 4.98 Å². The number of hydrogen-bond acceptors (Lipinski definition) is 4. The molecule has 2 aliphatic rings. The SMILES string of the molecule is O=C(NC1[C@@H]2CC[C@H]1CN(C(=O)c1ccc(Cl)s1)C2)c1ccc(-n2ccnc2)cc1. The Morgan fingerprint density at radius 1 is 1.07 bits per heavy atom. The van der Waals surface area contributed by atoms with Gasteiger partial charge in [-0.15, -0.1) is 11.3 Å². The number of amides is 2. The van der Waals surface area contributed by atoms with E-state index in [-0.39, 0.29) is 29.7 Å². The van der Waals surface area contributed by atoms with E-state index in [0.29, 0.717) is 27.9 Å². The lowest BCUT2D eigenvalue weighted by atomic mass is 9.91. The molecule has 1 unspecified atom stereocenters. The Morgan fingerprint density at radius 2 is 1.80 bits per heavy atom. The van der Waals surface area contributed by atoms with Crippen molar-refractivity contribution in [2.75, 3.05) is 13.1 Å². The van der Waals surface area contributed by atoms with Crippen LogP contribution in [0.15, 0.2) is 55.1 Å². The summed E-state index contributed by atoms with van der Waals surface area (Å²) in [6.07, 6.45) is 7.38. The maximum atomic E-state index is 12.8. The largest absolute Gasteiger partial charge is 0.349 e. The molecule has 1 aliphatic carbocycles. The van der Waals surface area contributed by atoms with Crippen LogP contribution in [-0.2, 0) is 0 Å². The van der Waals surface area contributed by atoms with Gasteiger partial charge >= 0.3 is 0 Å². The number of carbonyl (C=O) groups excluding carboxylic acids is 2. The third-order valence-electron chi connectivity index (χ3n) is 6.13. The van der Waals surface area contributed by atoms with Crippen molar-refractivity contribution in [1.82, 2.24) is 19.8 Å². The lowest BCUT2D eigenvalue weighted by Crippen LogP contribution is -2.53. The number of fused-ring (bicyclic) bond motifs is 2. The smallest absolute Gasteiger partial charge is 0.263 e. The molecule has 0 radical (unpaired) electrons. The highest BCUT2D eigenvalue weighted by Crippen LogP contribution is 2.38. The number of nitrogens with zero attached hydrogens (tertiary/aromatic N) is 3. The van der Waals surface area contributed by atoms with Gasteiger partial charge in [0.15, 0.2) is 0 Å². The van der Waals surface area contributed by atoms with E-state index < -0.39 is 0 Å². The summed E-state index contributed by atoms with van der Waals surface area (Å²) >= 11 is 7.31. The van der Waals surface area contributed by atoms with E-state index in [0.717, 1.165) is 18.5 Å². The molecular formula is C22H21ClN4O2S. The molecule has 3 atom stereocenters. The molecule has 8 heteroatoms. The molecule has 2 bridgehead atoms. The fourth-order valence-electron chi connectivity index (χ4n) is 4.64. The number of piperidine rings is 1. The van der Waals surface area contributed by atoms with Crippen molar-refractivity contribution in [3.63, 3.8) is 0 Å². The minimum atomic E-state index is -0.0566. The van der Waals surface area contributed by atoms with Gasteiger partial charge in [-0.05, 0) is 61.1 Å². The second-order valence-electron chi connectivity index (χ2n) is 7.93. The summed E-state index contributed by atoms with van der Waals surface area (Å²) in [7, 11) is 0. The molecule has 154 valence electrons. The van der Waals surface area contributed by atoms with E-state index in [4.69, 9.17) is 11.6 Å². The fourth-order valence-corrected chi connectivity index (χ4v) is 5.65. The number of nitrogens with one attached hydrogen (secondary N) is 1. The molecule has 2 fully saturated rings. The predicted molar refractivity (Wildman–Crippen MR) is 116 cm³/mol. The van der Waals surface area contributed by atoms with Gasteiger partial charge in [0.1, 0.15) is 0 Å². The quantitative estimate of drug-likeness (QED) is 0.669. The zero-order valence-electron chi connectivity index (χ0n) is 16.2. The second kappa shape index (κ2) is 7.89. The second-order valence-corrected chi connectivity index (χ2v) is 9.64. The van der Waals surface area contributed by atoms with Gasteiger partial charge in [-0.3, -0.25) is 9.59 Å². The van der Waals surface area contributed by atoms with E-state index in [1.807, 2.05) is 39.9 Å². The number of halogens is 1. The van der Waals surface area contributed by atoms with Gasteiger partial charge in [0.05, 0.1) is 15.5 Å². The number of aromatic nitrogens is 2. The molecule has 1 saturated heterocycles. The molecule has 3 aromatic rings. The van der Waals surface area contributed by atoms with E-state index in [9.17, 15) is 9.59 Å². The van der Waals surface area contributed by atoms with Crippen LogP contribution in [-0.4, -0.2) is 45.4 Å². The molecule has 5 rings (SSSR count). The highest BCUT2D eigenvalue weighted by atomic mass is 35.5. The third kappa shape index (κ3) is 3.63. The van der Waals surface area contributed by atoms with Crippen LogP contribution in [0, 0.1) is 11.8 Å². The zero-order chi connectivity index (χ0) is 20.7. The number of likely N-dealkylation sites (tertiary alicyclic amines) is 1. The first-order valence-electron chi connectivity index (χ1n) is 10.0. The van der Waals surface area contributed by atoms with Crippen molar-refractivity contribution in [2.45, 2.75) is 18.9 Å². The first-order valence-corrected chi connectivity index (χ1v) is 11.2. The average molecular weight is 441 g/mol. The molecule has 30 heavy (non-hydrogen) atoms. The fraction of sp³-hybridized carbons (Fsp3) is 0.318. The van der Waals surface area contributed by atoms with Gasteiger partial charge in [0, 0.05) is 42.8 Å². The summed E-state index contributed by atoms with van der Waals surface area (Å²) in [6.45, 7) is 1.35. The van der Waals surface area contributed by atoms with Crippen molar-refractivity contribution < 1.29 is 9.59 Å². The maximum Gasteiger partial charge on any atom is 0.263 e. The van der Waals surface area contributed by atoms with Crippen LogP contribution in [0.4, 0.5) is 0 Å². The summed E-state index contributed by atoms with van der Waals surface area (Å²) < 4.78 is 2.53. The van der Waals surface area contributed by atoms with Gasteiger partial charge in [-0.2, -0.15) is 0 Å². The van der Waals surface area contributed by atoms with E-state index in [1.165, 1.54) is 11.3 Å². The molecule has 3 heterocycles. The van der Waals surface area contributed by atoms with E-state index >= 15 is 0 Å². The molecule has 6 nitrogen and oxygen atoms in total. The number of imidazole rings is 1. The Balaban J connectivity index is 1.24. The molecule has 1 N–H and O–H groups in total. The molecule has 2 aromatic heterocycles. The van der Waals surface area contributed by atoms with Crippen LogP contribution in [0.5, 0.6) is 0 Å². The molecule has 0 spiro atoms. The van der Waals surface area contributed by atoms with Gasteiger partial charge < -0.3 is 14.8 Å². The lowest BCUT2D eigenvalue weighted by molar-refractivity contribution is 0.0602. The highest BCUT2D eigenvalue weighted by Gasteiger charge is 2.44. The van der Waals surface area contributed by atoms with Gasteiger partial charge in [0.2, 0.25) is 0 Å². The number of hydrogen-bond donors (Lipinski definition) is 1. The van der Waals surface area contributed by atoms with Crippen LogP contribution in [0.25, 0.3) is 5.69 Å². The lowest BCUT2D eigenvalue weighted by Gasteiger charge is -2.38. The summed E-state index contributed by atoms with van der Waals surface area (Å²) in [5, 5.41) is 3.24.